The fraction of sp³-hybridized carbons (Fsp3) is 0.138. The molecule has 37 heavy (non-hydrogen) atoms. The van der Waals surface area contributed by atoms with Crippen molar-refractivity contribution in [1.29, 1.82) is 0 Å². The fourth-order valence-corrected chi connectivity index (χ4v) is 3.58. The number of hydrogen-bond donors (Lipinski definition) is 1. The number of nitrogens with zero attached hydrogens (tertiary/aromatic N) is 2. The van der Waals surface area contributed by atoms with Crippen molar-refractivity contribution < 1.29 is 23.8 Å². The van der Waals surface area contributed by atoms with Crippen LogP contribution in [0.25, 0.3) is 11.8 Å². The summed E-state index contributed by atoms with van der Waals surface area (Å²) in [6.45, 7) is 3.54. The Balaban J connectivity index is 1.39. The van der Waals surface area contributed by atoms with E-state index in [4.69, 9.17) is 14.2 Å². The minimum absolute atomic E-state index is 0.285. The number of rotatable bonds is 9. The van der Waals surface area contributed by atoms with Gasteiger partial charge in [0.05, 0.1) is 19.1 Å². The molecular formula is C29H27N3O5. The zero-order valence-corrected chi connectivity index (χ0v) is 20.8. The average molecular weight is 498 g/mol. The highest BCUT2D eigenvalue weighted by atomic mass is 16.6. The fourth-order valence-electron chi connectivity index (χ4n) is 3.58. The van der Waals surface area contributed by atoms with E-state index in [1.54, 1.807) is 30.6 Å². The van der Waals surface area contributed by atoms with Gasteiger partial charge in [-0.2, -0.15) is 0 Å². The van der Waals surface area contributed by atoms with Crippen LogP contribution in [0.15, 0.2) is 85.3 Å². The number of nitrogens with one attached hydrogen (secondary N) is 1. The summed E-state index contributed by atoms with van der Waals surface area (Å²) in [7, 11) is 1.49. The molecule has 0 spiro atoms. The smallest absolute Gasteiger partial charge is 0.308 e. The summed E-state index contributed by atoms with van der Waals surface area (Å²) in [6.07, 6.45) is 6.76. The van der Waals surface area contributed by atoms with E-state index in [9.17, 15) is 9.59 Å². The van der Waals surface area contributed by atoms with Gasteiger partial charge in [-0.25, -0.2) is 4.98 Å². The Bertz CT molecular complexity index is 1420. The quantitative estimate of drug-likeness (QED) is 0.191. The molecule has 1 amide bonds. The van der Waals surface area contributed by atoms with Crippen molar-refractivity contribution >= 4 is 23.6 Å². The molecule has 8 nitrogen and oxygen atoms in total. The van der Waals surface area contributed by atoms with Gasteiger partial charge < -0.3 is 24.1 Å². The summed E-state index contributed by atoms with van der Waals surface area (Å²) in [4.78, 5) is 28.2. The van der Waals surface area contributed by atoms with E-state index in [-0.39, 0.29) is 18.3 Å². The second-order valence-electron chi connectivity index (χ2n) is 8.19. The molecule has 0 radical (unpaired) electrons. The molecule has 0 aliphatic carbocycles. The van der Waals surface area contributed by atoms with Crippen molar-refractivity contribution in [2.24, 2.45) is 0 Å². The molecule has 0 atom stereocenters. The molecule has 0 bridgehead atoms. The van der Waals surface area contributed by atoms with E-state index >= 15 is 0 Å². The number of carbonyl (C=O) groups excluding carboxylic acids is 2. The van der Waals surface area contributed by atoms with Crippen molar-refractivity contribution in [2.45, 2.75) is 20.5 Å². The number of methoxy groups -OCH3 is 1. The van der Waals surface area contributed by atoms with E-state index in [2.05, 4.69) is 10.3 Å². The van der Waals surface area contributed by atoms with Crippen LogP contribution in [0.5, 0.6) is 17.2 Å². The number of anilines is 1. The maximum Gasteiger partial charge on any atom is 0.308 e. The van der Waals surface area contributed by atoms with Gasteiger partial charge in [0, 0.05) is 36.1 Å². The minimum Gasteiger partial charge on any atom is -0.493 e. The highest BCUT2D eigenvalue weighted by Crippen LogP contribution is 2.29. The molecule has 0 saturated carbocycles. The number of imidazole rings is 1. The molecule has 0 unspecified atom stereocenters. The van der Waals surface area contributed by atoms with Crippen LogP contribution in [-0.4, -0.2) is 28.5 Å². The van der Waals surface area contributed by atoms with Gasteiger partial charge in [-0.05, 0) is 61.0 Å². The summed E-state index contributed by atoms with van der Waals surface area (Å²) in [5, 5.41) is 2.89. The van der Waals surface area contributed by atoms with Crippen LogP contribution in [0, 0.1) is 6.92 Å². The van der Waals surface area contributed by atoms with Gasteiger partial charge >= 0.3 is 5.97 Å². The first-order valence-corrected chi connectivity index (χ1v) is 11.6. The number of aryl methyl sites for hydroxylation is 1. The van der Waals surface area contributed by atoms with E-state index in [0.29, 0.717) is 22.7 Å². The van der Waals surface area contributed by atoms with Gasteiger partial charge in [0.2, 0.25) is 5.91 Å². The summed E-state index contributed by atoms with van der Waals surface area (Å²) < 4.78 is 18.3. The van der Waals surface area contributed by atoms with Gasteiger partial charge in [-0.1, -0.05) is 24.3 Å². The van der Waals surface area contributed by atoms with E-state index in [1.807, 2.05) is 66.2 Å². The normalized spacial score (nSPS) is 10.8. The minimum atomic E-state index is -0.458. The van der Waals surface area contributed by atoms with Crippen LogP contribution in [0.2, 0.25) is 0 Å². The molecule has 1 N–H and O–H groups in total. The van der Waals surface area contributed by atoms with E-state index in [1.165, 1.54) is 20.1 Å². The monoisotopic (exact) mass is 497 g/mol. The lowest BCUT2D eigenvalue weighted by atomic mass is 10.1. The predicted octanol–water partition coefficient (Wildman–Crippen LogP) is 5.35. The maximum absolute atomic E-state index is 12.6. The third-order valence-electron chi connectivity index (χ3n) is 5.38. The van der Waals surface area contributed by atoms with Crippen molar-refractivity contribution in [3.8, 4) is 22.9 Å². The van der Waals surface area contributed by atoms with Crippen LogP contribution in [-0.2, 0) is 16.2 Å². The second kappa shape index (κ2) is 11.7. The molecular weight excluding hydrogens is 470 g/mol. The number of aromatic nitrogens is 2. The molecule has 0 aliphatic rings. The lowest BCUT2D eigenvalue weighted by Crippen LogP contribution is -2.10. The molecule has 1 aromatic heterocycles. The first kappa shape index (κ1) is 25.2. The van der Waals surface area contributed by atoms with Gasteiger partial charge in [-0.3, -0.25) is 9.59 Å². The van der Waals surface area contributed by atoms with E-state index < -0.39 is 5.97 Å². The number of hydrogen-bond acceptors (Lipinski definition) is 6. The van der Waals surface area contributed by atoms with Crippen molar-refractivity contribution in [3.05, 3.63) is 102 Å². The Labute approximate surface area is 215 Å². The molecule has 0 fully saturated rings. The molecule has 3 aromatic carbocycles. The summed E-state index contributed by atoms with van der Waals surface area (Å²) in [6, 6.07) is 20.2. The lowest BCUT2D eigenvalue weighted by molar-refractivity contribution is -0.132. The molecule has 4 rings (SSSR count). The Morgan fingerprint density at radius 2 is 1.81 bits per heavy atom. The maximum atomic E-state index is 12.6. The Morgan fingerprint density at radius 3 is 2.51 bits per heavy atom. The zero-order chi connectivity index (χ0) is 26.2. The highest BCUT2D eigenvalue weighted by molar-refractivity contribution is 6.02. The molecule has 0 saturated heterocycles. The molecule has 8 heteroatoms. The summed E-state index contributed by atoms with van der Waals surface area (Å²) in [5.41, 5.74) is 4.10. The van der Waals surface area contributed by atoms with Crippen LogP contribution < -0.4 is 19.5 Å². The van der Waals surface area contributed by atoms with Crippen LogP contribution in [0.1, 0.15) is 23.7 Å². The van der Waals surface area contributed by atoms with Crippen molar-refractivity contribution in [3.63, 3.8) is 0 Å². The number of para-hydroxylation sites is 1. The highest BCUT2D eigenvalue weighted by Gasteiger charge is 2.09. The number of ether oxygens (including phenoxy) is 3. The lowest BCUT2D eigenvalue weighted by Gasteiger charge is -2.12. The summed E-state index contributed by atoms with van der Waals surface area (Å²) in [5.74, 6) is 0.660. The van der Waals surface area contributed by atoms with Crippen molar-refractivity contribution in [1.82, 2.24) is 9.55 Å². The third kappa shape index (κ3) is 6.85. The van der Waals surface area contributed by atoms with Crippen LogP contribution in [0.4, 0.5) is 5.69 Å². The average Bonchev–Trinajstić information content (AvgIpc) is 3.33. The largest absolute Gasteiger partial charge is 0.493 e. The Kier molecular flexibility index (Phi) is 8.00. The molecule has 0 aliphatic heterocycles. The van der Waals surface area contributed by atoms with Crippen LogP contribution >= 0.6 is 0 Å². The third-order valence-corrected chi connectivity index (χ3v) is 5.38. The van der Waals surface area contributed by atoms with Gasteiger partial charge in [0.15, 0.2) is 11.5 Å². The second-order valence-corrected chi connectivity index (χ2v) is 8.19. The standard InChI is InChI=1S/C29H27N3O5/c1-20-17-32(19-30-20)24-10-12-25(13-11-24)36-18-23-6-4-5-7-26(23)31-29(34)15-9-22-8-14-27(35-3)28(16-22)37-21(2)33/h4-17,19H,18H2,1-3H3,(H,31,34). The number of esters is 1. The predicted molar refractivity (Wildman–Crippen MR) is 141 cm³/mol. The number of carbonyl (C=O) groups is 2. The summed E-state index contributed by atoms with van der Waals surface area (Å²) >= 11 is 0. The molecule has 4 aromatic rings. The first-order valence-electron chi connectivity index (χ1n) is 11.6. The SMILES string of the molecule is COc1ccc(C=CC(=O)Nc2ccccc2COc2ccc(-n3cnc(C)c3)cc2)cc1OC(C)=O. The van der Waals surface area contributed by atoms with Gasteiger partial charge in [-0.15, -0.1) is 0 Å². The van der Waals surface area contributed by atoms with Gasteiger partial charge in [0.25, 0.3) is 0 Å². The number of amides is 1. The first-order chi connectivity index (χ1) is 17.9. The van der Waals surface area contributed by atoms with Crippen molar-refractivity contribution in [2.75, 3.05) is 12.4 Å². The molecule has 1 heterocycles. The molecule has 188 valence electrons. The number of benzene rings is 3. The Morgan fingerprint density at radius 1 is 1.03 bits per heavy atom. The van der Waals surface area contributed by atoms with E-state index in [0.717, 1.165) is 16.9 Å². The Hall–Kier alpha value is -4.85. The van der Waals surface area contributed by atoms with Crippen LogP contribution in [0.3, 0.4) is 0 Å². The topological polar surface area (TPSA) is 91.7 Å². The van der Waals surface area contributed by atoms with Gasteiger partial charge in [0.1, 0.15) is 12.4 Å². The zero-order valence-electron chi connectivity index (χ0n) is 20.8.